The second-order valence-corrected chi connectivity index (χ2v) is 5.80. The number of benzene rings is 1. The standard InChI is InChI=1S/C17H26N2O2/c1-4-9-18-13-6-8-16(12(2)10-13)17(20)19-14-5-7-15(11-14)21-3/h6,8,10,14-15,18H,4-5,7,9,11H2,1-3H3,(H,19,20). The van der Waals surface area contributed by atoms with Gasteiger partial charge in [0.25, 0.3) is 5.91 Å². The lowest BCUT2D eigenvalue weighted by molar-refractivity contribution is 0.0914. The number of anilines is 1. The summed E-state index contributed by atoms with van der Waals surface area (Å²) >= 11 is 0. The van der Waals surface area contributed by atoms with E-state index in [4.69, 9.17) is 4.74 Å². The number of aryl methyl sites for hydroxylation is 1. The number of methoxy groups -OCH3 is 1. The van der Waals surface area contributed by atoms with Gasteiger partial charge >= 0.3 is 0 Å². The first-order chi connectivity index (χ1) is 10.1. The molecule has 1 saturated carbocycles. The number of carbonyl (C=O) groups excluding carboxylic acids is 1. The van der Waals surface area contributed by atoms with Gasteiger partial charge in [0.2, 0.25) is 0 Å². The van der Waals surface area contributed by atoms with Gasteiger partial charge in [-0.05, 0) is 56.4 Å². The molecular formula is C17H26N2O2. The Morgan fingerprint density at radius 3 is 2.81 bits per heavy atom. The normalized spacial score (nSPS) is 21.3. The minimum Gasteiger partial charge on any atom is -0.385 e. The number of hydrogen-bond donors (Lipinski definition) is 2. The molecule has 0 aromatic heterocycles. The van der Waals surface area contributed by atoms with Crippen LogP contribution in [0.25, 0.3) is 0 Å². The summed E-state index contributed by atoms with van der Waals surface area (Å²) in [6.45, 7) is 5.07. The van der Waals surface area contributed by atoms with Crippen LogP contribution in [-0.2, 0) is 4.74 Å². The van der Waals surface area contributed by atoms with Crippen molar-refractivity contribution in [3.63, 3.8) is 0 Å². The summed E-state index contributed by atoms with van der Waals surface area (Å²) in [5.74, 6) is 0.0243. The molecule has 4 nitrogen and oxygen atoms in total. The first kappa shape index (κ1) is 15.8. The summed E-state index contributed by atoms with van der Waals surface area (Å²) < 4.78 is 5.35. The monoisotopic (exact) mass is 290 g/mol. The third kappa shape index (κ3) is 4.21. The van der Waals surface area contributed by atoms with Crippen LogP contribution in [0.15, 0.2) is 18.2 Å². The molecule has 116 valence electrons. The maximum absolute atomic E-state index is 12.4. The number of carbonyl (C=O) groups is 1. The summed E-state index contributed by atoms with van der Waals surface area (Å²) in [7, 11) is 1.74. The predicted octanol–water partition coefficient (Wildman–Crippen LogP) is 3.11. The fourth-order valence-electron chi connectivity index (χ4n) is 2.85. The highest BCUT2D eigenvalue weighted by atomic mass is 16.5. The van der Waals surface area contributed by atoms with E-state index in [1.54, 1.807) is 7.11 Å². The average molecular weight is 290 g/mol. The molecule has 1 amide bonds. The molecule has 1 aromatic carbocycles. The van der Waals surface area contributed by atoms with Gasteiger partial charge in [-0.15, -0.1) is 0 Å². The summed E-state index contributed by atoms with van der Waals surface area (Å²) in [5, 5.41) is 6.46. The number of amides is 1. The maximum Gasteiger partial charge on any atom is 0.251 e. The molecule has 0 spiro atoms. The fraction of sp³-hybridized carbons (Fsp3) is 0.588. The molecule has 1 aromatic rings. The maximum atomic E-state index is 12.4. The van der Waals surface area contributed by atoms with Crippen molar-refractivity contribution in [2.24, 2.45) is 0 Å². The Kier molecular flexibility index (Phi) is 5.62. The Balaban J connectivity index is 1.96. The lowest BCUT2D eigenvalue weighted by Gasteiger charge is -2.15. The molecule has 2 atom stereocenters. The van der Waals surface area contributed by atoms with Crippen molar-refractivity contribution in [3.05, 3.63) is 29.3 Å². The summed E-state index contributed by atoms with van der Waals surface area (Å²) in [5.41, 5.74) is 2.85. The smallest absolute Gasteiger partial charge is 0.251 e. The molecule has 1 aliphatic rings. The van der Waals surface area contributed by atoms with E-state index in [-0.39, 0.29) is 18.1 Å². The van der Waals surface area contributed by atoms with E-state index in [2.05, 4.69) is 17.6 Å². The molecule has 2 rings (SSSR count). The number of hydrogen-bond acceptors (Lipinski definition) is 3. The minimum absolute atomic E-state index is 0.0243. The first-order valence-corrected chi connectivity index (χ1v) is 7.82. The third-order valence-electron chi connectivity index (χ3n) is 4.10. The lowest BCUT2D eigenvalue weighted by Crippen LogP contribution is -2.33. The molecular weight excluding hydrogens is 264 g/mol. The Morgan fingerprint density at radius 2 is 2.19 bits per heavy atom. The van der Waals surface area contributed by atoms with Crippen LogP contribution in [0.2, 0.25) is 0 Å². The molecule has 0 aliphatic heterocycles. The van der Waals surface area contributed by atoms with Crippen molar-refractivity contribution in [1.29, 1.82) is 0 Å². The van der Waals surface area contributed by atoms with Gasteiger partial charge < -0.3 is 15.4 Å². The van der Waals surface area contributed by atoms with Crippen LogP contribution in [0.4, 0.5) is 5.69 Å². The second-order valence-electron chi connectivity index (χ2n) is 5.80. The van der Waals surface area contributed by atoms with Crippen LogP contribution in [0.1, 0.15) is 48.5 Å². The number of nitrogens with one attached hydrogen (secondary N) is 2. The van der Waals surface area contributed by atoms with Gasteiger partial charge in [0, 0.05) is 30.9 Å². The summed E-state index contributed by atoms with van der Waals surface area (Å²) in [6, 6.07) is 6.16. The third-order valence-corrected chi connectivity index (χ3v) is 4.10. The fourth-order valence-corrected chi connectivity index (χ4v) is 2.85. The molecule has 21 heavy (non-hydrogen) atoms. The van der Waals surface area contributed by atoms with Gasteiger partial charge in [-0.1, -0.05) is 6.92 Å². The molecule has 4 heteroatoms. The van der Waals surface area contributed by atoms with Crippen molar-refractivity contribution in [2.75, 3.05) is 19.0 Å². The zero-order valence-corrected chi connectivity index (χ0v) is 13.2. The Hall–Kier alpha value is -1.55. The molecule has 0 heterocycles. The van der Waals surface area contributed by atoms with Crippen LogP contribution in [0, 0.1) is 6.92 Å². The molecule has 1 fully saturated rings. The van der Waals surface area contributed by atoms with Crippen molar-refractivity contribution in [3.8, 4) is 0 Å². The van der Waals surface area contributed by atoms with Crippen molar-refractivity contribution < 1.29 is 9.53 Å². The van der Waals surface area contributed by atoms with Crippen molar-refractivity contribution in [1.82, 2.24) is 5.32 Å². The van der Waals surface area contributed by atoms with Crippen molar-refractivity contribution in [2.45, 2.75) is 51.7 Å². The molecule has 1 aliphatic carbocycles. The van der Waals surface area contributed by atoms with E-state index >= 15 is 0 Å². The van der Waals surface area contributed by atoms with Crippen molar-refractivity contribution >= 4 is 11.6 Å². The Bertz CT molecular complexity index is 488. The van der Waals surface area contributed by atoms with E-state index < -0.39 is 0 Å². The number of ether oxygens (including phenoxy) is 1. The molecule has 2 N–H and O–H groups in total. The minimum atomic E-state index is 0.0243. The van der Waals surface area contributed by atoms with E-state index in [1.807, 2.05) is 25.1 Å². The highest BCUT2D eigenvalue weighted by molar-refractivity contribution is 5.96. The van der Waals surface area contributed by atoms with Crippen LogP contribution in [0.5, 0.6) is 0 Å². The van der Waals surface area contributed by atoms with Gasteiger partial charge in [0.15, 0.2) is 0 Å². The summed E-state index contributed by atoms with van der Waals surface area (Å²) in [4.78, 5) is 12.4. The zero-order chi connectivity index (χ0) is 15.2. The van der Waals surface area contributed by atoms with E-state index in [1.165, 1.54) is 0 Å². The molecule has 0 saturated heterocycles. The lowest BCUT2D eigenvalue weighted by atomic mass is 10.1. The SMILES string of the molecule is CCCNc1ccc(C(=O)NC2CCC(OC)C2)c(C)c1. The van der Waals surface area contributed by atoms with Gasteiger partial charge in [-0.3, -0.25) is 4.79 Å². The number of rotatable bonds is 6. The van der Waals surface area contributed by atoms with E-state index in [0.29, 0.717) is 0 Å². The van der Waals surface area contributed by atoms with Crippen LogP contribution < -0.4 is 10.6 Å². The van der Waals surface area contributed by atoms with Crippen LogP contribution in [0.3, 0.4) is 0 Å². The topological polar surface area (TPSA) is 50.4 Å². The first-order valence-electron chi connectivity index (χ1n) is 7.82. The van der Waals surface area contributed by atoms with Gasteiger partial charge in [0.05, 0.1) is 6.10 Å². The molecule has 0 bridgehead atoms. The van der Waals surface area contributed by atoms with E-state index in [9.17, 15) is 4.79 Å². The zero-order valence-electron chi connectivity index (χ0n) is 13.2. The molecule has 2 unspecified atom stereocenters. The van der Waals surface area contributed by atoms with Crippen LogP contribution in [-0.4, -0.2) is 31.7 Å². The Morgan fingerprint density at radius 1 is 1.38 bits per heavy atom. The van der Waals surface area contributed by atoms with Gasteiger partial charge in [-0.2, -0.15) is 0 Å². The quantitative estimate of drug-likeness (QED) is 0.846. The largest absolute Gasteiger partial charge is 0.385 e. The van der Waals surface area contributed by atoms with E-state index in [0.717, 1.165) is 49.0 Å². The average Bonchev–Trinajstić information content (AvgIpc) is 2.92. The predicted molar refractivity (Wildman–Crippen MR) is 85.9 cm³/mol. The van der Waals surface area contributed by atoms with Gasteiger partial charge in [-0.25, -0.2) is 0 Å². The van der Waals surface area contributed by atoms with Gasteiger partial charge in [0.1, 0.15) is 0 Å². The highest BCUT2D eigenvalue weighted by Crippen LogP contribution is 2.22. The second kappa shape index (κ2) is 7.46. The van der Waals surface area contributed by atoms with Crippen LogP contribution >= 0.6 is 0 Å². The summed E-state index contributed by atoms with van der Waals surface area (Å²) in [6.07, 6.45) is 4.32. The highest BCUT2D eigenvalue weighted by Gasteiger charge is 2.26. The Labute approximate surface area is 127 Å². The molecule has 0 radical (unpaired) electrons.